The monoisotopic (exact) mass is 618 g/mol. The number of pyridine rings is 2. The molecule has 0 bridgehead atoms. The van der Waals surface area contributed by atoms with Crippen molar-refractivity contribution >= 4 is 21.5 Å². The van der Waals surface area contributed by atoms with E-state index in [1.54, 1.807) is 12.4 Å². The largest absolute Gasteiger partial charge is 0.444 e. The quantitative estimate of drug-likeness (QED) is 0.173. The first kappa shape index (κ1) is 27.6. The molecule has 9 rings (SSSR count). The Morgan fingerprint density at radius 1 is 0.375 bits per heavy atom. The second-order valence-electron chi connectivity index (χ2n) is 11.6. The van der Waals surface area contributed by atoms with Crippen LogP contribution in [0.25, 0.3) is 89.0 Å². The van der Waals surface area contributed by atoms with Crippen molar-refractivity contribution in [1.29, 1.82) is 0 Å². The van der Waals surface area contributed by atoms with Gasteiger partial charge in [0, 0.05) is 34.6 Å². The van der Waals surface area contributed by atoms with E-state index in [1.165, 1.54) is 23.9 Å². The summed E-state index contributed by atoms with van der Waals surface area (Å²) in [5.74, 6) is 1.38. The summed E-state index contributed by atoms with van der Waals surface area (Å²) in [6.07, 6.45) is 10.0. The Morgan fingerprint density at radius 2 is 0.896 bits per heavy atom. The van der Waals surface area contributed by atoms with E-state index in [-0.39, 0.29) is 0 Å². The number of aromatic nitrogens is 4. The number of benzene rings is 5. The van der Waals surface area contributed by atoms with Gasteiger partial charge in [-0.05, 0) is 80.2 Å². The summed E-state index contributed by atoms with van der Waals surface area (Å²) in [5, 5.41) is 4.29. The van der Waals surface area contributed by atoms with Gasteiger partial charge in [-0.1, -0.05) is 84.9 Å². The van der Waals surface area contributed by atoms with Gasteiger partial charge < -0.3 is 8.83 Å². The fourth-order valence-electron chi connectivity index (χ4n) is 6.58. The molecule has 48 heavy (non-hydrogen) atoms. The van der Waals surface area contributed by atoms with Crippen molar-refractivity contribution in [2.75, 3.05) is 0 Å². The number of nitrogens with zero attached hydrogens (tertiary/aromatic N) is 4. The average Bonchev–Trinajstić information content (AvgIpc) is 3.90. The molecule has 9 aromatic rings. The second kappa shape index (κ2) is 11.6. The van der Waals surface area contributed by atoms with E-state index >= 15 is 0 Å². The normalized spacial score (nSPS) is 11.3. The maximum atomic E-state index is 5.67. The van der Waals surface area contributed by atoms with Crippen molar-refractivity contribution in [2.24, 2.45) is 0 Å². The molecule has 4 heterocycles. The highest BCUT2D eigenvalue weighted by Gasteiger charge is 2.20. The Hall–Kier alpha value is -6.66. The van der Waals surface area contributed by atoms with Gasteiger partial charge in [-0.2, -0.15) is 0 Å². The molecule has 0 radical (unpaired) electrons. The van der Waals surface area contributed by atoms with E-state index < -0.39 is 0 Å². The van der Waals surface area contributed by atoms with Gasteiger partial charge in [-0.25, -0.2) is 9.97 Å². The smallest absolute Gasteiger partial charge is 0.181 e. The van der Waals surface area contributed by atoms with Crippen molar-refractivity contribution in [2.45, 2.75) is 0 Å². The van der Waals surface area contributed by atoms with Gasteiger partial charge in [0.05, 0.1) is 23.8 Å². The maximum absolute atomic E-state index is 5.67. The van der Waals surface area contributed by atoms with E-state index in [4.69, 9.17) is 18.8 Å². The average molecular weight is 619 g/mol. The minimum Gasteiger partial charge on any atom is -0.444 e. The van der Waals surface area contributed by atoms with E-state index in [1.807, 2.05) is 30.6 Å². The Labute approximate surface area is 276 Å². The summed E-state index contributed by atoms with van der Waals surface area (Å²) in [6, 6.07) is 42.4. The first-order valence-electron chi connectivity index (χ1n) is 15.6. The zero-order chi connectivity index (χ0) is 31.9. The third-order valence-electron chi connectivity index (χ3n) is 8.79. The van der Waals surface area contributed by atoms with Crippen molar-refractivity contribution in [3.8, 4) is 67.4 Å². The highest BCUT2D eigenvalue weighted by molar-refractivity contribution is 6.21. The standard InChI is InChI=1S/C42H26N4O2/c1-2-7-27(8-3-1)28-9-6-10-29(19-28)30-13-14-35-36(20-30)42(38-22-32(16-18-46-38)40-24-44-26-48-40)34-12-5-4-11-33(34)41(35)37-21-31(15-17-45-37)39-23-43-25-47-39/h1-26H. The summed E-state index contributed by atoms with van der Waals surface area (Å²) in [4.78, 5) is 18.1. The van der Waals surface area contributed by atoms with Gasteiger partial charge >= 0.3 is 0 Å². The zero-order valence-electron chi connectivity index (χ0n) is 25.6. The summed E-state index contributed by atoms with van der Waals surface area (Å²) >= 11 is 0. The summed E-state index contributed by atoms with van der Waals surface area (Å²) < 4.78 is 11.3. The van der Waals surface area contributed by atoms with Gasteiger partial charge in [0.25, 0.3) is 0 Å². The first-order valence-corrected chi connectivity index (χ1v) is 15.6. The van der Waals surface area contributed by atoms with Crippen LogP contribution >= 0.6 is 0 Å². The molecule has 0 saturated carbocycles. The van der Waals surface area contributed by atoms with E-state index in [0.717, 1.165) is 66.3 Å². The Kier molecular flexibility index (Phi) is 6.68. The fraction of sp³-hybridized carbons (Fsp3) is 0. The predicted octanol–water partition coefficient (Wildman–Crippen LogP) is 10.8. The highest BCUT2D eigenvalue weighted by Crippen LogP contribution is 2.45. The fourth-order valence-corrected chi connectivity index (χ4v) is 6.58. The lowest BCUT2D eigenvalue weighted by Gasteiger charge is -2.18. The van der Waals surface area contributed by atoms with E-state index in [2.05, 4.69) is 113 Å². The minimum atomic E-state index is 0.690. The molecule has 6 heteroatoms. The SMILES string of the molecule is c1ccc(-c2cccc(-c3ccc4c(-c5cc(-c6cnco6)ccn5)c5ccccc5c(-c5cc(-c6cnco6)ccn5)c4c3)c2)cc1. The molecule has 4 aromatic heterocycles. The van der Waals surface area contributed by atoms with Crippen LogP contribution in [0, 0.1) is 0 Å². The summed E-state index contributed by atoms with van der Waals surface area (Å²) in [7, 11) is 0. The van der Waals surface area contributed by atoms with Crippen LogP contribution in [-0.4, -0.2) is 19.9 Å². The second-order valence-corrected chi connectivity index (χ2v) is 11.6. The molecule has 0 unspecified atom stereocenters. The van der Waals surface area contributed by atoms with Crippen molar-refractivity contribution < 1.29 is 8.83 Å². The lowest BCUT2D eigenvalue weighted by molar-refractivity contribution is 0.571. The Morgan fingerprint density at radius 3 is 1.50 bits per heavy atom. The first-order chi connectivity index (χ1) is 23.8. The molecule has 6 nitrogen and oxygen atoms in total. The summed E-state index contributed by atoms with van der Waals surface area (Å²) in [5.41, 5.74) is 10.2. The number of hydrogen-bond acceptors (Lipinski definition) is 6. The van der Waals surface area contributed by atoms with Gasteiger partial charge in [-0.15, -0.1) is 0 Å². The molecule has 0 fully saturated rings. The lowest BCUT2D eigenvalue weighted by Crippen LogP contribution is -1.95. The number of oxazole rings is 2. The van der Waals surface area contributed by atoms with Gasteiger partial charge in [-0.3, -0.25) is 9.97 Å². The summed E-state index contributed by atoms with van der Waals surface area (Å²) in [6.45, 7) is 0. The van der Waals surface area contributed by atoms with Crippen molar-refractivity contribution in [3.05, 3.63) is 159 Å². The van der Waals surface area contributed by atoms with Crippen LogP contribution in [0.3, 0.4) is 0 Å². The molecule has 226 valence electrons. The van der Waals surface area contributed by atoms with Crippen LogP contribution in [-0.2, 0) is 0 Å². The van der Waals surface area contributed by atoms with E-state index in [9.17, 15) is 0 Å². The van der Waals surface area contributed by atoms with Crippen molar-refractivity contribution in [1.82, 2.24) is 19.9 Å². The highest BCUT2D eigenvalue weighted by atomic mass is 16.3. The van der Waals surface area contributed by atoms with Crippen LogP contribution in [0.5, 0.6) is 0 Å². The minimum absolute atomic E-state index is 0.690. The van der Waals surface area contributed by atoms with Gasteiger partial charge in [0.1, 0.15) is 0 Å². The molecule has 0 spiro atoms. The van der Waals surface area contributed by atoms with Gasteiger partial charge in [0.15, 0.2) is 24.3 Å². The van der Waals surface area contributed by atoms with Crippen LogP contribution in [0.4, 0.5) is 0 Å². The molecule has 0 aliphatic heterocycles. The van der Waals surface area contributed by atoms with Crippen molar-refractivity contribution in [3.63, 3.8) is 0 Å². The molecular weight excluding hydrogens is 592 g/mol. The predicted molar refractivity (Wildman–Crippen MR) is 190 cm³/mol. The third kappa shape index (κ3) is 4.84. The zero-order valence-corrected chi connectivity index (χ0v) is 25.6. The molecule has 5 aromatic carbocycles. The molecule has 0 amide bonds. The molecule has 0 aliphatic carbocycles. The third-order valence-corrected chi connectivity index (χ3v) is 8.79. The van der Waals surface area contributed by atoms with Crippen LogP contribution in [0.1, 0.15) is 0 Å². The number of fused-ring (bicyclic) bond motifs is 2. The van der Waals surface area contributed by atoms with Gasteiger partial charge in [0.2, 0.25) is 0 Å². The molecule has 0 N–H and O–H groups in total. The number of rotatable bonds is 6. The van der Waals surface area contributed by atoms with Crippen LogP contribution in [0.2, 0.25) is 0 Å². The molecule has 0 aliphatic rings. The molecular formula is C42H26N4O2. The maximum Gasteiger partial charge on any atom is 0.181 e. The lowest BCUT2D eigenvalue weighted by atomic mass is 9.86. The Balaban J connectivity index is 1.33. The number of hydrogen-bond donors (Lipinski definition) is 0. The Bertz CT molecular complexity index is 2560. The molecule has 0 saturated heterocycles. The molecule has 0 atom stereocenters. The van der Waals surface area contributed by atoms with Crippen LogP contribution < -0.4 is 0 Å². The van der Waals surface area contributed by atoms with E-state index in [0.29, 0.717) is 11.5 Å². The topological polar surface area (TPSA) is 77.8 Å². The van der Waals surface area contributed by atoms with Crippen LogP contribution in [0.15, 0.2) is 168 Å².